The third-order valence-corrected chi connectivity index (χ3v) is 2.08. The van der Waals surface area contributed by atoms with E-state index in [2.05, 4.69) is 4.98 Å². The molecule has 0 saturated heterocycles. The minimum Gasteiger partial charge on any atom is -0.361 e. The fourth-order valence-electron chi connectivity index (χ4n) is 1.28. The maximum absolute atomic E-state index is 11.4. The molecule has 0 spiro atoms. The van der Waals surface area contributed by atoms with Crippen LogP contribution in [0.15, 0.2) is 15.8 Å². The summed E-state index contributed by atoms with van der Waals surface area (Å²) < 4.78 is 6.49. The second-order valence-corrected chi connectivity index (χ2v) is 3.08. The average Bonchev–Trinajstić information content (AvgIpc) is 2.41. The first-order chi connectivity index (χ1) is 8.60. The first kappa shape index (κ1) is 19.0. The third-order valence-electron chi connectivity index (χ3n) is 2.08. The molecule has 0 bridgehead atoms. The molecule has 5 nitrogen and oxygen atoms in total. The zero-order valence-corrected chi connectivity index (χ0v) is 12.5. The quantitative estimate of drug-likeness (QED) is 0.905. The molecule has 18 heavy (non-hydrogen) atoms. The van der Waals surface area contributed by atoms with Gasteiger partial charge >= 0.3 is 5.69 Å². The van der Waals surface area contributed by atoms with Crippen molar-refractivity contribution in [3.63, 3.8) is 0 Å². The van der Waals surface area contributed by atoms with Gasteiger partial charge in [-0.15, -0.1) is 0 Å². The average molecular weight is 258 g/mol. The number of hydrogen-bond acceptors (Lipinski definition) is 3. The summed E-state index contributed by atoms with van der Waals surface area (Å²) in [6.45, 7) is 11.6. The summed E-state index contributed by atoms with van der Waals surface area (Å²) in [5.41, 5.74) is -0.286. The molecule has 106 valence electrons. The number of nitrogens with one attached hydrogen (secondary N) is 1. The molecule has 0 fully saturated rings. The van der Waals surface area contributed by atoms with E-state index in [1.54, 1.807) is 6.92 Å². The molecular weight excluding hydrogens is 232 g/mol. The number of H-pyrrole nitrogens is 1. The van der Waals surface area contributed by atoms with Crippen molar-refractivity contribution in [2.45, 2.75) is 54.2 Å². The Hall–Kier alpha value is -1.36. The highest BCUT2D eigenvalue weighted by molar-refractivity contribution is 5.01. The number of methoxy groups -OCH3 is 1. The predicted molar refractivity (Wildman–Crippen MR) is 75.1 cm³/mol. The molecule has 1 atom stereocenters. The van der Waals surface area contributed by atoms with E-state index in [-0.39, 0.29) is 11.8 Å². The summed E-state index contributed by atoms with van der Waals surface area (Å²) in [4.78, 5) is 24.7. The van der Waals surface area contributed by atoms with Gasteiger partial charge in [-0.3, -0.25) is 14.3 Å². The van der Waals surface area contributed by atoms with Gasteiger partial charge in [-0.2, -0.15) is 0 Å². The molecule has 0 radical (unpaired) electrons. The minimum absolute atomic E-state index is 0.321. The highest BCUT2D eigenvalue weighted by Gasteiger charge is 2.09. The largest absolute Gasteiger partial charge is 0.361 e. The predicted octanol–water partition coefficient (Wildman–Crippen LogP) is 2.45. The van der Waals surface area contributed by atoms with E-state index >= 15 is 0 Å². The highest BCUT2D eigenvalue weighted by atomic mass is 16.5. The molecule has 1 N–H and O–H groups in total. The number of aromatic nitrogens is 2. The molecule has 1 rings (SSSR count). The second-order valence-electron chi connectivity index (χ2n) is 3.08. The molecular formula is C13H26N2O3. The number of hydrogen-bond donors (Lipinski definition) is 1. The van der Waals surface area contributed by atoms with E-state index in [4.69, 9.17) is 4.74 Å². The molecule has 0 amide bonds. The Balaban J connectivity index is 0. The van der Waals surface area contributed by atoms with E-state index in [9.17, 15) is 9.59 Å². The zero-order valence-electron chi connectivity index (χ0n) is 12.5. The normalized spacial score (nSPS) is 10.6. The molecule has 5 heteroatoms. The van der Waals surface area contributed by atoms with Crippen molar-refractivity contribution >= 4 is 0 Å². The lowest BCUT2D eigenvalue weighted by molar-refractivity contribution is 0.0368. The van der Waals surface area contributed by atoms with Gasteiger partial charge < -0.3 is 4.74 Å². The Bertz CT molecular complexity index is 417. The van der Waals surface area contributed by atoms with Crippen LogP contribution in [0.1, 0.15) is 52.8 Å². The molecule has 0 unspecified atom stereocenters. The molecule has 0 aliphatic heterocycles. The molecule has 1 heterocycles. The van der Waals surface area contributed by atoms with Crippen LogP contribution < -0.4 is 11.2 Å². The lowest BCUT2D eigenvalue weighted by Crippen LogP contribution is -2.33. The van der Waals surface area contributed by atoms with Crippen LogP contribution in [-0.2, 0) is 4.74 Å². The Kier molecular flexibility index (Phi) is 11.4. The van der Waals surface area contributed by atoms with Gasteiger partial charge in [0.15, 0.2) is 0 Å². The van der Waals surface area contributed by atoms with E-state index in [0.717, 1.165) is 0 Å². The van der Waals surface area contributed by atoms with Crippen molar-refractivity contribution in [2.75, 3.05) is 7.11 Å². The van der Waals surface area contributed by atoms with Gasteiger partial charge in [0.1, 0.15) is 6.23 Å². The number of rotatable bonds is 3. The number of aryl methyl sites for hydroxylation is 1. The van der Waals surface area contributed by atoms with Crippen LogP contribution in [0.4, 0.5) is 0 Å². The van der Waals surface area contributed by atoms with Crippen LogP contribution in [0, 0.1) is 6.92 Å². The Morgan fingerprint density at radius 1 is 1.28 bits per heavy atom. The molecule has 0 aliphatic rings. The van der Waals surface area contributed by atoms with Crippen molar-refractivity contribution in [3.05, 3.63) is 32.6 Å². The maximum Gasteiger partial charge on any atom is 0.330 e. The van der Waals surface area contributed by atoms with Crippen molar-refractivity contribution in [3.8, 4) is 0 Å². The zero-order chi connectivity index (χ0) is 14.7. The van der Waals surface area contributed by atoms with Crippen molar-refractivity contribution in [2.24, 2.45) is 0 Å². The Morgan fingerprint density at radius 3 is 2.17 bits per heavy atom. The molecule has 1 aromatic rings. The van der Waals surface area contributed by atoms with E-state index in [1.807, 2.05) is 34.6 Å². The molecule has 0 aliphatic carbocycles. The molecule has 0 aromatic carbocycles. The number of ether oxygens (including phenoxy) is 1. The topological polar surface area (TPSA) is 64.1 Å². The van der Waals surface area contributed by atoms with E-state index < -0.39 is 5.69 Å². The monoisotopic (exact) mass is 258 g/mol. The van der Waals surface area contributed by atoms with Crippen LogP contribution in [-0.4, -0.2) is 16.7 Å². The Morgan fingerprint density at radius 2 is 1.78 bits per heavy atom. The number of nitrogens with zero attached hydrogens (tertiary/aromatic N) is 1. The van der Waals surface area contributed by atoms with Crippen LogP contribution in [0.3, 0.4) is 0 Å². The standard InChI is InChI=1S/C9H14N2O3.2C2H6/c1-4-7(14-3)11-5-6(2)8(12)10-9(11)13;2*1-2/h5,7H,4H2,1-3H3,(H,10,12,13);2*1-2H3/t7-;;/m1../s1. The van der Waals surface area contributed by atoms with Crippen molar-refractivity contribution in [1.29, 1.82) is 0 Å². The SMILES string of the molecule is CC.CC.CC[C@@H](OC)n1cc(C)c(=O)[nH]c1=O. The van der Waals surface area contributed by atoms with E-state index in [0.29, 0.717) is 12.0 Å². The summed E-state index contributed by atoms with van der Waals surface area (Å²) in [5.74, 6) is 0. The van der Waals surface area contributed by atoms with Gasteiger partial charge in [-0.25, -0.2) is 4.79 Å². The van der Waals surface area contributed by atoms with E-state index in [1.165, 1.54) is 17.9 Å². The van der Waals surface area contributed by atoms with Gasteiger partial charge in [0.25, 0.3) is 5.56 Å². The molecule has 1 aromatic heterocycles. The fourth-order valence-corrected chi connectivity index (χ4v) is 1.28. The second kappa shape index (κ2) is 10.8. The molecule has 0 saturated carbocycles. The maximum atomic E-state index is 11.4. The first-order valence-electron chi connectivity index (χ1n) is 6.45. The third kappa shape index (κ3) is 5.31. The van der Waals surface area contributed by atoms with Crippen molar-refractivity contribution < 1.29 is 4.74 Å². The van der Waals surface area contributed by atoms with Crippen LogP contribution >= 0.6 is 0 Å². The minimum atomic E-state index is -0.436. The smallest absolute Gasteiger partial charge is 0.330 e. The van der Waals surface area contributed by atoms with Crippen LogP contribution in [0.5, 0.6) is 0 Å². The Labute approximate surface area is 109 Å². The summed E-state index contributed by atoms with van der Waals surface area (Å²) in [7, 11) is 1.53. The van der Waals surface area contributed by atoms with Gasteiger partial charge in [0.2, 0.25) is 0 Å². The number of aromatic amines is 1. The first-order valence-corrected chi connectivity index (χ1v) is 6.45. The fraction of sp³-hybridized carbons (Fsp3) is 0.692. The van der Waals surface area contributed by atoms with Crippen LogP contribution in [0.25, 0.3) is 0 Å². The highest BCUT2D eigenvalue weighted by Crippen LogP contribution is 2.07. The summed E-state index contributed by atoms with van der Waals surface area (Å²) in [6.07, 6.45) is 1.86. The van der Waals surface area contributed by atoms with Gasteiger partial charge in [-0.1, -0.05) is 34.6 Å². The van der Waals surface area contributed by atoms with Gasteiger partial charge in [0, 0.05) is 18.9 Å². The lowest BCUT2D eigenvalue weighted by atomic mass is 10.3. The van der Waals surface area contributed by atoms with Gasteiger partial charge in [-0.05, 0) is 13.3 Å². The van der Waals surface area contributed by atoms with Gasteiger partial charge in [0.05, 0.1) is 0 Å². The summed E-state index contributed by atoms with van der Waals surface area (Å²) >= 11 is 0. The lowest BCUT2D eigenvalue weighted by Gasteiger charge is -2.15. The van der Waals surface area contributed by atoms with Crippen LogP contribution in [0.2, 0.25) is 0 Å². The summed E-state index contributed by atoms with van der Waals surface area (Å²) in [6, 6.07) is 0. The summed E-state index contributed by atoms with van der Waals surface area (Å²) in [5, 5.41) is 0. The van der Waals surface area contributed by atoms with Crippen molar-refractivity contribution in [1.82, 2.24) is 9.55 Å².